The Hall–Kier alpha value is -2.50. The summed E-state index contributed by atoms with van der Waals surface area (Å²) in [6.45, 7) is 1.79. The smallest absolute Gasteiger partial charge is 0.187 e. The van der Waals surface area contributed by atoms with E-state index in [0.717, 1.165) is 0 Å². The fraction of sp³-hybridized carbons (Fsp3) is 0.111. The minimum absolute atomic E-state index is 0.106. The van der Waals surface area contributed by atoms with Crippen LogP contribution in [-0.2, 0) is 6.42 Å². The number of carbonyl (C=O) groups is 1. The van der Waals surface area contributed by atoms with Gasteiger partial charge in [-0.15, -0.1) is 0 Å². The molecule has 3 aromatic rings. The van der Waals surface area contributed by atoms with E-state index in [4.69, 9.17) is 27.9 Å². The van der Waals surface area contributed by atoms with E-state index in [-0.39, 0.29) is 12.2 Å². The van der Waals surface area contributed by atoms with Crippen molar-refractivity contribution in [3.05, 3.63) is 76.0 Å². The van der Waals surface area contributed by atoms with Gasteiger partial charge in [-0.2, -0.15) is 0 Å². The van der Waals surface area contributed by atoms with Crippen LogP contribution in [0.2, 0.25) is 10.2 Å². The van der Waals surface area contributed by atoms with Crippen molar-refractivity contribution in [1.29, 1.82) is 0 Å². The largest absolute Gasteiger partial charge is 0.456 e. The van der Waals surface area contributed by atoms with Crippen LogP contribution in [0.5, 0.6) is 11.5 Å². The maximum atomic E-state index is 12.5. The van der Waals surface area contributed by atoms with E-state index < -0.39 is 0 Å². The van der Waals surface area contributed by atoms with E-state index >= 15 is 0 Å². The Balaban J connectivity index is 1.82. The van der Waals surface area contributed by atoms with Crippen LogP contribution in [0.1, 0.15) is 21.9 Å². The second-order valence-electron chi connectivity index (χ2n) is 5.32. The zero-order chi connectivity index (χ0) is 17.8. The molecule has 3 rings (SSSR count). The number of carbonyl (C=O) groups excluding carboxylic acids is 1. The standard InChI is InChI=1S/C18H13Cl2N3O2/c1-11-5-14(25-15-6-12(19)9-21-10-15)8-16(22-11)17(24)7-13-3-2-4-18(20)23-13/h2-6,8-10H,7H2,1H3. The van der Waals surface area contributed by atoms with Gasteiger partial charge in [0.25, 0.3) is 0 Å². The van der Waals surface area contributed by atoms with Gasteiger partial charge in [-0.05, 0) is 19.1 Å². The molecule has 3 aromatic heterocycles. The summed E-state index contributed by atoms with van der Waals surface area (Å²) >= 11 is 11.8. The molecule has 0 aliphatic heterocycles. The number of aryl methyl sites for hydroxylation is 1. The quantitative estimate of drug-likeness (QED) is 0.478. The van der Waals surface area contributed by atoms with Gasteiger partial charge in [-0.25, -0.2) is 9.97 Å². The molecule has 0 aliphatic rings. The lowest BCUT2D eigenvalue weighted by Gasteiger charge is -2.08. The van der Waals surface area contributed by atoms with E-state index in [1.54, 1.807) is 49.5 Å². The van der Waals surface area contributed by atoms with Crippen molar-refractivity contribution >= 4 is 29.0 Å². The molecule has 0 unspecified atom stereocenters. The van der Waals surface area contributed by atoms with Gasteiger partial charge in [-0.1, -0.05) is 29.3 Å². The lowest BCUT2D eigenvalue weighted by Crippen LogP contribution is -2.08. The summed E-state index contributed by atoms with van der Waals surface area (Å²) in [5, 5.41) is 0.812. The van der Waals surface area contributed by atoms with Crippen molar-refractivity contribution in [3.8, 4) is 11.5 Å². The minimum Gasteiger partial charge on any atom is -0.456 e. The van der Waals surface area contributed by atoms with E-state index in [9.17, 15) is 4.79 Å². The topological polar surface area (TPSA) is 65.0 Å². The maximum absolute atomic E-state index is 12.5. The molecule has 126 valence electrons. The maximum Gasteiger partial charge on any atom is 0.187 e. The minimum atomic E-state index is -0.174. The van der Waals surface area contributed by atoms with Gasteiger partial charge in [0.05, 0.1) is 17.6 Å². The predicted octanol–water partition coefficient (Wildman–Crippen LogP) is 4.70. The number of Topliss-reactive ketones (excluding diaryl/α,β-unsaturated/α-hetero) is 1. The lowest BCUT2D eigenvalue weighted by atomic mass is 10.1. The van der Waals surface area contributed by atoms with Crippen LogP contribution in [-0.4, -0.2) is 20.7 Å². The molecule has 0 aliphatic carbocycles. The fourth-order valence-electron chi connectivity index (χ4n) is 2.23. The third-order valence-electron chi connectivity index (χ3n) is 3.24. The summed E-state index contributed by atoms with van der Waals surface area (Å²) in [7, 11) is 0. The predicted molar refractivity (Wildman–Crippen MR) is 95.6 cm³/mol. The monoisotopic (exact) mass is 373 g/mol. The Morgan fingerprint density at radius 1 is 1.08 bits per heavy atom. The number of hydrogen-bond acceptors (Lipinski definition) is 5. The molecule has 0 fully saturated rings. The molecule has 0 N–H and O–H groups in total. The molecule has 0 aromatic carbocycles. The number of nitrogens with zero attached hydrogens (tertiary/aromatic N) is 3. The highest BCUT2D eigenvalue weighted by Gasteiger charge is 2.13. The number of ether oxygens (including phenoxy) is 1. The summed E-state index contributed by atoms with van der Waals surface area (Å²) in [6, 6.07) is 10.1. The molecule has 0 saturated carbocycles. The SMILES string of the molecule is Cc1cc(Oc2cncc(Cl)c2)cc(C(=O)Cc2cccc(Cl)n2)n1. The van der Waals surface area contributed by atoms with Crippen LogP contribution < -0.4 is 4.74 Å². The zero-order valence-electron chi connectivity index (χ0n) is 13.2. The van der Waals surface area contributed by atoms with Crippen molar-refractivity contribution in [2.24, 2.45) is 0 Å². The van der Waals surface area contributed by atoms with E-state index in [1.807, 2.05) is 0 Å². The molecule has 0 radical (unpaired) electrons. The summed E-state index contributed by atoms with van der Waals surface area (Å²) in [6.07, 6.45) is 3.16. The van der Waals surface area contributed by atoms with Crippen molar-refractivity contribution in [2.75, 3.05) is 0 Å². The molecule has 25 heavy (non-hydrogen) atoms. The molecule has 0 saturated heterocycles. The Morgan fingerprint density at radius 3 is 2.68 bits per heavy atom. The molecule has 0 spiro atoms. The summed E-state index contributed by atoms with van der Waals surface area (Å²) in [5.41, 5.74) is 1.55. The fourth-order valence-corrected chi connectivity index (χ4v) is 2.57. The van der Waals surface area contributed by atoms with Gasteiger partial charge in [0, 0.05) is 35.8 Å². The van der Waals surface area contributed by atoms with Crippen LogP contribution >= 0.6 is 23.2 Å². The first-order valence-electron chi connectivity index (χ1n) is 7.41. The van der Waals surface area contributed by atoms with Crippen LogP contribution in [0.15, 0.2) is 48.8 Å². The van der Waals surface area contributed by atoms with Crippen LogP contribution in [0, 0.1) is 6.92 Å². The molecule has 0 atom stereocenters. The van der Waals surface area contributed by atoms with E-state index in [0.29, 0.717) is 38.8 Å². The number of halogens is 2. The highest BCUT2D eigenvalue weighted by atomic mass is 35.5. The van der Waals surface area contributed by atoms with Crippen LogP contribution in [0.25, 0.3) is 0 Å². The lowest BCUT2D eigenvalue weighted by molar-refractivity contribution is 0.0986. The molecule has 0 bridgehead atoms. The number of aromatic nitrogens is 3. The van der Waals surface area contributed by atoms with Gasteiger partial charge in [-0.3, -0.25) is 9.78 Å². The first-order valence-corrected chi connectivity index (χ1v) is 8.17. The third-order valence-corrected chi connectivity index (χ3v) is 3.66. The first kappa shape index (κ1) is 17.3. The van der Waals surface area contributed by atoms with Crippen molar-refractivity contribution in [2.45, 2.75) is 13.3 Å². The summed E-state index contributed by atoms with van der Waals surface area (Å²) < 4.78 is 5.72. The summed E-state index contributed by atoms with van der Waals surface area (Å²) in [4.78, 5) is 24.9. The molecular formula is C18H13Cl2N3O2. The van der Waals surface area contributed by atoms with Crippen LogP contribution in [0.4, 0.5) is 0 Å². The van der Waals surface area contributed by atoms with E-state index in [2.05, 4.69) is 15.0 Å². The zero-order valence-corrected chi connectivity index (χ0v) is 14.8. The average Bonchev–Trinajstić information content (AvgIpc) is 2.54. The van der Waals surface area contributed by atoms with Gasteiger partial charge < -0.3 is 4.74 Å². The van der Waals surface area contributed by atoms with Crippen molar-refractivity contribution in [1.82, 2.24) is 15.0 Å². The average molecular weight is 374 g/mol. The van der Waals surface area contributed by atoms with E-state index in [1.165, 1.54) is 6.20 Å². The number of ketones is 1. The normalized spacial score (nSPS) is 10.5. The Labute approximate surface area is 154 Å². The first-order chi connectivity index (χ1) is 12.0. The van der Waals surface area contributed by atoms with Crippen molar-refractivity contribution in [3.63, 3.8) is 0 Å². The van der Waals surface area contributed by atoms with Gasteiger partial charge >= 0.3 is 0 Å². The van der Waals surface area contributed by atoms with Gasteiger partial charge in [0.2, 0.25) is 0 Å². The molecular weight excluding hydrogens is 361 g/mol. The molecule has 5 nitrogen and oxygen atoms in total. The number of pyridine rings is 3. The summed E-state index contributed by atoms with van der Waals surface area (Å²) in [5.74, 6) is 0.791. The second-order valence-corrected chi connectivity index (χ2v) is 6.15. The number of hydrogen-bond donors (Lipinski definition) is 0. The molecule has 7 heteroatoms. The Bertz CT molecular complexity index is 932. The molecule has 0 amide bonds. The Morgan fingerprint density at radius 2 is 1.92 bits per heavy atom. The van der Waals surface area contributed by atoms with Crippen LogP contribution in [0.3, 0.4) is 0 Å². The van der Waals surface area contributed by atoms with Gasteiger partial charge in [0.15, 0.2) is 5.78 Å². The second kappa shape index (κ2) is 7.59. The molecule has 3 heterocycles. The Kier molecular flexibility index (Phi) is 5.26. The highest BCUT2D eigenvalue weighted by Crippen LogP contribution is 2.24. The van der Waals surface area contributed by atoms with Gasteiger partial charge in [0.1, 0.15) is 22.3 Å². The third kappa shape index (κ3) is 4.75. The highest BCUT2D eigenvalue weighted by molar-refractivity contribution is 6.30. The van der Waals surface area contributed by atoms with Crippen molar-refractivity contribution < 1.29 is 9.53 Å². The number of rotatable bonds is 5.